The number of rotatable bonds is 4. The molecule has 0 bridgehead atoms. The Morgan fingerprint density at radius 2 is 2.04 bits per heavy atom. The quantitative estimate of drug-likeness (QED) is 0.659. The Hall–Kier alpha value is -2.66. The van der Waals surface area contributed by atoms with Crippen LogP contribution in [0.2, 0.25) is 5.02 Å². The average Bonchev–Trinajstić information content (AvgIpc) is 3.04. The molecule has 0 radical (unpaired) electrons. The van der Waals surface area contributed by atoms with Crippen molar-refractivity contribution in [2.45, 2.75) is 20.5 Å². The molecule has 0 spiro atoms. The maximum atomic E-state index is 12.2. The van der Waals surface area contributed by atoms with Crippen molar-refractivity contribution in [3.63, 3.8) is 0 Å². The molecule has 0 amide bonds. The van der Waals surface area contributed by atoms with E-state index in [0.29, 0.717) is 16.4 Å². The van der Waals surface area contributed by atoms with Crippen LogP contribution in [0.4, 0.5) is 0 Å². The van der Waals surface area contributed by atoms with E-state index in [2.05, 4.69) is 10.1 Å². The molecular formula is C18H15ClN2O3. The second-order valence-electron chi connectivity index (χ2n) is 5.42. The normalized spacial score (nSPS) is 10.6. The minimum Gasteiger partial charge on any atom is -0.452 e. The zero-order chi connectivity index (χ0) is 17.1. The van der Waals surface area contributed by atoms with Crippen LogP contribution in [0, 0.1) is 13.8 Å². The standard InChI is InChI=1S/C18H15ClN2O3/c1-11-6-7-12(2)15(8-11)18(22)23-10-16-20-17(21-24-16)13-4-3-5-14(19)9-13/h3-9H,10H2,1-2H3. The molecule has 3 aromatic rings. The Labute approximate surface area is 144 Å². The number of esters is 1. The van der Waals surface area contributed by atoms with E-state index >= 15 is 0 Å². The molecular weight excluding hydrogens is 328 g/mol. The number of halogens is 1. The van der Waals surface area contributed by atoms with Crippen LogP contribution in [-0.4, -0.2) is 16.1 Å². The van der Waals surface area contributed by atoms with Crippen molar-refractivity contribution in [1.82, 2.24) is 10.1 Å². The van der Waals surface area contributed by atoms with E-state index in [1.807, 2.05) is 32.0 Å². The topological polar surface area (TPSA) is 65.2 Å². The third kappa shape index (κ3) is 3.63. The van der Waals surface area contributed by atoms with Crippen LogP contribution in [0.3, 0.4) is 0 Å². The Morgan fingerprint density at radius 3 is 2.83 bits per heavy atom. The fraction of sp³-hybridized carbons (Fsp3) is 0.167. The molecule has 0 aliphatic carbocycles. The van der Waals surface area contributed by atoms with Crippen LogP contribution < -0.4 is 0 Å². The number of hydrogen-bond donors (Lipinski definition) is 0. The average molecular weight is 343 g/mol. The summed E-state index contributed by atoms with van der Waals surface area (Å²) in [6.45, 7) is 3.70. The van der Waals surface area contributed by atoms with Gasteiger partial charge in [-0.2, -0.15) is 4.98 Å². The molecule has 0 unspecified atom stereocenters. The van der Waals surface area contributed by atoms with Crippen molar-refractivity contribution in [1.29, 1.82) is 0 Å². The van der Waals surface area contributed by atoms with Crippen LogP contribution in [0.1, 0.15) is 27.4 Å². The zero-order valence-electron chi connectivity index (χ0n) is 13.2. The number of aromatic nitrogens is 2. The summed E-state index contributed by atoms with van der Waals surface area (Å²) in [5.41, 5.74) is 3.12. The number of ether oxygens (including phenoxy) is 1. The first kappa shape index (κ1) is 16.2. The SMILES string of the molecule is Cc1ccc(C)c(C(=O)OCc2nc(-c3cccc(Cl)c3)no2)c1. The first-order valence-electron chi connectivity index (χ1n) is 7.36. The number of hydrogen-bond acceptors (Lipinski definition) is 5. The molecule has 122 valence electrons. The third-order valence-corrected chi connectivity index (χ3v) is 3.73. The van der Waals surface area contributed by atoms with Gasteiger partial charge in [0, 0.05) is 10.6 Å². The van der Waals surface area contributed by atoms with E-state index in [9.17, 15) is 4.79 Å². The van der Waals surface area contributed by atoms with E-state index < -0.39 is 5.97 Å². The van der Waals surface area contributed by atoms with Crippen molar-refractivity contribution >= 4 is 17.6 Å². The van der Waals surface area contributed by atoms with Crippen molar-refractivity contribution in [2.24, 2.45) is 0 Å². The smallest absolute Gasteiger partial charge is 0.338 e. The molecule has 2 aromatic carbocycles. The minimum absolute atomic E-state index is 0.0836. The summed E-state index contributed by atoms with van der Waals surface area (Å²) < 4.78 is 10.4. The van der Waals surface area contributed by atoms with Gasteiger partial charge in [0.2, 0.25) is 5.82 Å². The predicted molar refractivity (Wildman–Crippen MR) is 89.8 cm³/mol. The summed E-state index contributed by atoms with van der Waals surface area (Å²) in [7, 11) is 0. The lowest BCUT2D eigenvalue weighted by atomic mass is 10.1. The molecule has 0 aliphatic heterocycles. The number of aryl methyl sites for hydroxylation is 2. The van der Waals surface area contributed by atoms with Gasteiger partial charge in [0.15, 0.2) is 6.61 Å². The Morgan fingerprint density at radius 1 is 1.21 bits per heavy atom. The Kier molecular flexibility index (Phi) is 4.62. The summed E-state index contributed by atoms with van der Waals surface area (Å²) in [5, 5.41) is 4.46. The molecule has 0 saturated carbocycles. The molecule has 1 aromatic heterocycles. The third-order valence-electron chi connectivity index (χ3n) is 3.49. The van der Waals surface area contributed by atoms with Gasteiger partial charge in [0.05, 0.1) is 5.56 Å². The van der Waals surface area contributed by atoms with E-state index in [4.69, 9.17) is 20.9 Å². The number of carbonyl (C=O) groups is 1. The highest BCUT2D eigenvalue weighted by molar-refractivity contribution is 6.30. The lowest BCUT2D eigenvalue weighted by Gasteiger charge is -2.06. The van der Waals surface area contributed by atoms with Crippen molar-refractivity contribution < 1.29 is 14.1 Å². The summed E-state index contributed by atoms with van der Waals surface area (Å²) in [6.07, 6.45) is 0. The van der Waals surface area contributed by atoms with Crippen molar-refractivity contribution in [2.75, 3.05) is 0 Å². The van der Waals surface area contributed by atoms with Crippen LogP contribution in [-0.2, 0) is 11.3 Å². The van der Waals surface area contributed by atoms with Crippen molar-refractivity contribution in [3.8, 4) is 11.4 Å². The summed E-state index contributed by atoms with van der Waals surface area (Å²) in [5.74, 6) is 0.206. The van der Waals surface area contributed by atoms with E-state index in [1.54, 1.807) is 24.3 Å². The fourth-order valence-electron chi connectivity index (χ4n) is 2.22. The van der Waals surface area contributed by atoms with E-state index in [1.165, 1.54) is 0 Å². The zero-order valence-corrected chi connectivity index (χ0v) is 14.0. The van der Waals surface area contributed by atoms with Crippen LogP contribution in [0.15, 0.2) is 47.0 Å². The molecule has 0 atom stereocenters. The van der Waals surface area contributed by atoms with Gasteiger partial charge >= 0.3 is 5.97 Å². The minimum atomic E-state index is -0.418. The lowest BCUT2D eigenvalue weighted by Crippen LogP contribution is -2.07. The van der Waals surface area contributed by atoms with E-state index in [0.717, 1.165) is 16.7 Å². The largest absolute Gasteiger partial charge is 0.452 e. The van der Waals surface area contributed by atoms with Gasteiger partial charge in [-0.1, -0.05) is 46.6 Å². The maximum Gasteiger partial charge on any atom is 0.338 e. The van der Waals surface area contributed by atoms with Gasteiger partial charge in [0.25, 0.3) is 5.89 Å². The van der Waals surface area contributed by atoms with Gasteiger partial charge in [-0.25, -0.2) is 4.79 Å². The molecule has 0 saturated heterocycles. The molecule has 24 heavy (non-hydrogen) atoms. The van der Waals surface area contributed by atoms with Gasteiger partial charge < -0.3 is 9.26 Å². The van der Waals surface area contributed by atoms with Gasteiger partial charge in [0.1, 0.15) is 0 Å². The van der Waals surface area contributed by atoms with E-state index in [-0.39, 0.29) is 12.5 Å². The first-order valence-corrected chi connectivity index (χ1v) is 7.73. The monoisotopic (exact) mass is 342 g/mol. The van der Waals surface area contributed by atoms with Crippen LogP contribution in [0.5, 0.6) is 0 Å². The molecule has 1 heterocycles. The lowest BCUT2D eigenvalue weighted by molar-refractivity contribution is 0.0429. The highest BCUT2D eigenvalue weighted by Gasteiger charge is 2.14. The first-order chi connectivity index (χ1) is 11.5. The number of nitrogens with zero attached hydrogens (tertiary/aromatic N) is 2. The summed E-state index contributed by atoms with van der Waals surface area (Å²) in [6, 6.07) is 12.7. The van der Waals surface area contributed by atoms with Gasteiger partial charge in [-0.05, 0) is 37.6 Å². The molecule has 5 nitrogen and oxygen atoms in total. The molecule has 3 rings (SSSR count). The van der Waals surface area contributed by atoms with Crippen LogP contribution in [0.25, 0.3) is 11.4 Å². The molecule has 6 heteroatoms. The van der Waals surface area contributed by atoms with Crippen molar-refractivity contribution in [3.05, 3.63) is 70.1 Å². The predicted octanol–water partition coefficient (Wildman–Crippen LogP) is 4.36. The number of carbonyl (C=O) groups excluding carboxylic acids is 1. The van der Waals surface area contributed by atoms with Crippen LogP contribution >= 0.6 is 11.6 Å². The maximum absolute atomic E-state index is 12.2. The fourth-order valence-corrected chi connectivity index (χ4v) is 2.41. The highest BCUT2D eigenvalue weighted by atomic mass is 35.5. The second kappa shape index (κ2) is 6.84. The summed E-state index contributed by atoms with van der Waals surface area (Å²) in [4.78, 5) is 16.4. The molecule has 0 aliphatic rings. The second-order valence-corrected chi connectivity index (χ2v) is 5.85. The van der Waals surface area contributed by atoms with Gasteiger partial charge in [-0.15, -0.1) is 0 Å². The summed E-state index contributed by atoms with van der Waals surface area (Å²) >= 11 is 5.94. The Bertz CT molecular complexity index is 889. The molecule has 0 fully saturated rings. The number of benzene rings is 2. The van der Waals surface area contributed by atoms with Gasteiger partial charge in [-0.3, -0.25) is 0 Å². The molecule has 0 N–H and O–H groups in total. The highest BCUT2D eigenvalue weighted by Crippen LogP contribution is 2.20. The Balaban J connectivity index is 1.69.